The minimum absolute atomic E-state index is 0.0917. The summed E-state index contributed by atoms with van der Waals surface area (Å²) >= 11 is 7.77. The predicted octanol–water partition coefficient (Wildman–Crippen LogP) is 3.82. The van der Waals surface area contributed by atoms with Gasteiger partial charge in [0.1, 0.15) is 10.6 Å². The van der Waals surface area contributed by atoms with Crippen LogP contribution < -0.4 is 0 Å². The van der Waals surface area contributed by atoms with E-state index in [1.165, 1.54) is 11.3 Å². The van der Waals surface area contributed by atoms with Crippen molar-refractivity contribution >= 4 is 28.9 Å². The summed E-state index contributed by atoms with van der Waals surface area (Å²) in [6.07, 6.45) is 4.29. The predicted molar refractivity (Wildman–Crippen MR) is 103 cm³/mol. The lowest BCUT2D eigenvalue weighted by atomic mass is 9.90. The van der Waals surface area contributed by atoms with Crippen molar-refractivity contribution in [1.82, 2.24) is 4.98 Å². The topological polar surface area (TPSA) is 70.4 Å². The van der Waals surface area contributed by atoms with Gasteiger partial charge in [-0.05, 0) is 61.8 Å². The van der Waals surface area contributed by atoms with Gasteiger partial charge in [0.25, 0.3) is 0 Å². The normalized spacial score (nSPS) is 24.8. The Morgan fingerprint density at radius 2 is 2.19 bits per heavy atom. The zero-order valence-corrected chi connectivity index (χ0v) is 15.7. The molecule has 4 nitrogen and oxygen atoms in total. The molecule has 2 aromatic rings. The van der Waals surface area contributed by atoms with E-state index in [-0.39, 0.29) is 17.2 Å². The van der Waals surface area contributed by atoms with Gasteiger partial charge in [-0.3, -0.25) is 0 Å². The number of aromatic carboxylic acids is 1. The SMILES string of the molecule is O=C(O)c1ccc(CCCC2C(Cl)CC(O)C2C#Cc2ccccn2)s1. The van der Waals surface area contributed by atoms with Gasteiger partial charge in [-0.15, -0.1) is 22.9 Å². The molecule has 6 heteroatoms. The first-order valence-corrected chi connectivity index (χ1v) is 9.86. The summed E-state index contributed by atoms with van der Waals surface area (Å²) in [5.41, 5.74) is 0.691. The first kappa shape index (κ1) is 18.9. The number of aryl methyl sites for hydroxylation is 1. The highest BCUT2D eigenvalue weighted by molar-refractivity contribution is 7.13. The van der Waals surface area contributed by atoms with Crippen LogP contribution >= 0.6 is 22.9 Å². The van der Waals surface area contributed by atoms with Crippen LogP contribution in [0.25, 0.3) is 0 Å². The molecule has 4 atom stereocenters. The molecule has 0 spiro atoms. The van der Waals surface area contributed by atoms with Crippen LogP contribution in [0, 0.1) is 23.7 Å². The van der Waals surface area contributed by atoms with Gasteiger partial charge in [-0.1, -0.05) is 12.0 Å². The van der Waals surface area contributed by atoms with Crippen LogP contribution in [0.1, 0.15) is 39.5 Å². The summed E-state index contributed by atoms with van der Waals surface area (Å²) < 4.78 is 0. The molecular formula is C20H20ClNO3S. The van der Waals surface area contributed by atoms with E-state index in [1.54, 1.807) is 12.3 Å². The number of aliphatic hydroxyl groups is 1. The molecule has 1 fully saturated rings. The molecule has 1 aliphatic carbocycles. The minimum Gasteiger partial charge on any atom is -0.477 e. The van der Waals surface area contributed by atoms with E-state index in [1.807, 2.05) is 24.3 Å². The van der Waals surface area contributed by atoms with Gasteiger partial charge < -0.3 is 10.2 Å². The number of carbonyl (C=O) groups is 1. The summed E-state index contributed by atoms with van der Waals surface area (Å²) in [6, 6.07) is 9.09. The van der Waals surface area contributed by atoms with Crippen LogP contribution in [-0.4, -0.2) is 32.6 Å². The molecule has 2 heterocycles. The number of carboxylic acid groups (broad SMARTS) is 1. The Balaban J connectivity index is 1.61. The number of nitrogens with zero attached hydrogens (tertiary/aromatic N) is 1. The zero-order valence-electron chi connectivity index (χ0n) is 14.1. The standard InChI is InChI=1S/C20H20ClNO3S/c21-17-12-18(23)16(9-7-13-4-1-2-11-22-13)15(17)6-3-5-14-8-10-19(26-14)20(24)25/h1-2,4,8,10-11,15-18,23H,3,5-6,12H2,(H,24,25). The van der Waals surface area contributed by atoms with Gasteiger partial charge in [0.05, 0.1) is 12.0 Å². The zero-order chi connectivity index (χ0) is 18.5. The molecule has 0 saturated heterocycles. The number of alkyl halides is 1. The number of hydrogen-bond donors (Lipinski definition) is 2. The molecule has 1 aliphatic rings. The number of aromatic nitrogens is 1. The molecule has 3 rings (SSSR count). The molecule has 0 bridgehead atoms. The lowest BCUT2D eigenvalue weighted by Crippen LogP contribution is -2.19. The van der Waals surface area contributed by atoms with Crippen molar-refractivity contribution in [2.24, 2.45) is 11.8 Å². The Morgan fingerprint density at radius 1 is 1.35 bits per heavy atom. The lowest BCUT2D eigenvalue weighted by molar-refractivity contribution is 0.0702. The van der Waals surface area contributed by atoms with Crippen molar-refractivity contribution in [2.45, 2.75) is 37.2 Å². The highest BCUT2D eigenvalue weighted by Gasteiger charge is 2.40. The molecule has 0 radical (unpaired) electrons. The van der Waals surface area contributed by atoms with Crippen LogP contribution in [0.3, 0.4) is 0 Å². The van der Waals surface area contributed by atoms with Crippen molar-refractivity contribution in [3.63, 3.8) is 0 Å². The van der Waals surface area contributed by atoms with Crippen molar-refractivity contribution in [3.8, 4) is 11.8 Å². The fourth-order valence-corrected chi connectivity index (χ4v) is 4.71. The molecule has 0 aromatic carbocycles. The van der Waals surface area contributed by atoms with E-state index in [0.29, 0.717) is 17.0 Å². The van der Waals surface area contributed by atoms with Gasteiger partial charge in [0.2, 0.25) is 0 Å². The number of halogens is 1. The maximum Gasteiger partial charge on any atom is 0.345 e. The molecule has 0 aliphatic heterocycles. The van der Waals surface area contributed by atoms with E-state index < -0.39 is 12.1 Å². The fraction of sp³-hybridized carbons (Fsp3) is 0.400. The first-order chi connectivity index (χ1) is 12.5. The maximum absolute atomic E-state index is 11.0. The fourth-order valence-electron chi connectivity index (χ4n) is 3.36. The van der Waals surface area contributed by atoms with E-state index >= 15 is 0 Å². The monoisotopic (exact) mass is 389 g/mol. The highest BCUT2D eigenvalue weighted by atomic mass is 35.5. The van der Waals surface area contributed by atoms with Crippen LogP contribution in [-0.2, 0) is 6.42 Å². The highest BCUT2D eigenvalue weighted by Crippen LogP contribution is 2.39. The number of thiophene rings is 1. The first-order valence-electron chi connectivity index (χ1n) is 8.61. The van der Waals surface area contributed by atoms with Crippen LogP contribution in [0.2, 0.25) is 0 Å². The Hall–Kier alpha value is -1.87. The largest absolute Gasteiger partial charge is 0.477 e. The number of rotatable bonds is 5. The summed E-state index contributed by atoms with van der Waals surface area (Å²) in [4.78, 5) is 16.6. The molecule has 26 heavy (non-hydrogen) atoms. The third-order valence-electron chi connectivity index (χ3n) is 4.67. The Kier molecular flexibility index (Phi) is 6.31. The third-order valence-corrected chi connectivity index (χ3v) is 6.31. The van der Waals surface area contributed by atoms with Gasteiger partial charge in [-0.2, -0.15) is 0 Å². The molecule has 4 unspecified atom stereocenters. The van der Waals surface area contributed by atoms with E-state index in [9.17, 15) is 9.90 Å². The van der Waals surface area contributed by atoms with E-state index in [0.717, 1.165) is 24.1 Å². The van der Waals surface area contributed by atoms with Gasteiger partial charge >= 0.3 is 5.97 Å². The second-order valence-electron chi connectivity index (χ2n) is 6.46. The average Bonchev–Trinajstić information content (AvgIpc) is 3.19. The number of hydrogen-bond acceptors (Lipinski definition) is 4. The van der Waals surface area contributed by atoms with Gasteiger partial charge in [0.15, 0.2) is 0 Å². The summed E-state index contributed by atoms with van der Waals surface area (Å²) in [7, 11) is 0. The van der Waals surface area contributed by atoms with Crippen LogP contribution in [0.15, 0.2) is 36.5 Å². The van der Waals surface area contributed by atoms with Crippen molar-refractivity contribution in [1.29, 1.82) is 0 Å². The summed E-state index contributed by atoms with van der Waals surface area (Å²) in [5, 5.41) is 19.2. The molecule has 1 saturated carbocycles. The van der Waals surface area contributed by atoms with Gasteiger partial charge in [-0.25, -0.2) is 9.78 Å². The smallest absolute Gasteiger partial charge is 0.345 e. The lowest BCUT2D eigenvalue weighted by Gasteiger charge is -2.18. The summed E-state index contributed by atoms with van der Waals surface area (Å²) in [5.74, 6) is 5.31. The maximum atomic E-state index is 11.0. The van der Waals surface area contributed by atoms with E-state index in [2.05, 4.69) is 16.8 Å². The van der Waals surface area contributed by atoms with Crippen molar-refractivity contribution in [3.05, 3.63) is 52.0 Å². The second kappa shape index (κ2) is 8.68. The Bertz CT molecular complexity index is 811. The summed E-state index contributed by atoms with van der Waals surface area (Å²) in [6.45, 7) is 0. The average molecular weight is 390 g/mol. The van der Waals surface area contributed by atoms with Crippen LogP contribution in [0.5, 0.6) is 0 Å². The second-order valence-corrected chi connectivity index (χ2v) is 8.19. The molecule has 2 N–H and O–H groups in total. The van der Waals surface area contributed by atoms with Crippen LogP contribution in [0.4, 0.5) is 0 Å². The Morgan fingerprint density at radius 3 is 2.88 bits per heavy atom. The Labute approximate surface area is 161 Å². The van der Waals surface area contributed by atoms with Gasteiger partial charge in [0, 0.05) is 16.5 Å². The van der Waals surface area contributed by atoms with Crippen molar-refractivity contribution < 1.29 is 15.0 Å². The molecule has 2 aromatic heterocycles. The minimum atomic E-state index is -0.883. The quantitative estimate of drug-likeness (QED) is 0.602. The molecule has 0 amide bonds. The number of carboxylic acids is 1. The number of pyridine rings is 1. The third kappa shape index (κ3) is 4.64. The number of aliphatic hydroxyl groups excluding tert-OH is 1. The van der Waals surface area contributed by atoms with Crippen molar-refractivity contribution in [2.75, 3.05) is 0 Å². The molecule has 136 valence electrons. The van der Waals surface area contributed by atoms with E-state index in [4.69, 9.17) is 16.7 Å². The molecular weight excluding hydrogens is 370 g/mol.